The minimum absolute atomic E-state index is 0.0456. The number of hydrogen-bond acceptors (Lipinski definition) is 4. The Kier molecular flexibility index (Phi) is 5.30. The molecule has 2 aromatic heterocycles. The normalized spacial score (nSPS) is 17.3. The Balaban J connectivity index is 1.55. The molecule has 1 aliphatic rings. The summed E-state index contributed by atoms with van der Waals surface area (Å²) in [5.41, 5.74) is 3.10. The highest BCUT2D eigenvalue weighted by Gasteiger charge is 2.28. The van der Waals surface area contributed by atoms with Crippen molar-refractivity contribution in [2.24, 2.45) is 0 Å². The number of aromatic nitrogens is 2. The van der Waals surface area contributed by atoms with Gasteiger partial charge in [-0.2, -0.15) is 0 Å². The molecule has 0 unspecified atom stereocenters. The molecule has 1 fully saturated rings. The molecule has 1 aromatic carbocycles. The molecule has 0 aliphatic carbocycles. The Morgan fingerprint density at radius 2 is 2.03 bits per heavy atom. The van der Waals surface area contributed by atoms with Crippen molar-refractivity contribution < 1.29 is 18.1 Å². The highest BCUT2D eigenvalue weighted by Crippen LogP contribution is 2.34. The van der Waals surface area contributed by atoms with Gasteiger partial charge in [0.15, 0.2) is 0 Å². The lowest BCUT2D eigenvalue weighted by molar-refractivity contribution is -0.131. The van der Waals surface area contributed by atoms with Crippen molar-refractivity contribution in [1.29, 1.82) is 0 Å². The number of carbonyl (C=O) groups excluding carboxylic acids is 1. The van der Waals surface area contributed by atoms with E-state index < -0.39 is 6.43 Å². The Morgan fingerprint density at radius 3 is 2.76 bits per heavy atom. The Labute approximate surface area is 167 Å². The van der Waals surface area contributed by atoms with E-state index in [0.717, 1.165) is 24.0 Å². The summed E-state index contributed by atoms with van der Waals surface area (Å²) in [5.74, 6) is -0.0535. The molecule has 1 saturated heterocycles. The summed E-state index contributed by atoms with van der Waals surface area (Å²) in [7, 11) is 0. The summed E-state index contributed by atoms with van der Waals surface area (Å²) in [6, 6.07) is 9.37. The zero-order valence-corrected chi connectivity index (χ0v) is 16.5. The smallest absolute Gasteiger partial charge is 0.264 e. The van der Waals surface area contributed by atoms with Crippen LogP contribution in [0.2, 0.25) is 0 Å². The number of alkyl halides is 2. The molecule has 0 N–H and O–H groups in total. The first-order valence-corrected chi connectivity index (χ1v) is 9.80. The lowest BCUT2D eigenvalue weighted by atomic mass is 9.92. The fraction of sp³-hybridized carbons (Fsp3) is 0.409. The second-order valence-corrected chi connectivity index (χ2v) is 7.73. The van der Waals surface area contributed by atoms with Gasteiger partial charge in [0.1, 0.15) is 0 Å². The van der Waals surface area contributed by atoms with E-state index in [9.17, 15) is 13.6 Å². The lowest BCUT2D eigenvalue weighted by Gasteiger charge is -2.32. The summed E-state index contributed by atoms with van der Waals surface area (Å²) in [4.78, 5) is 19.0. The van der Waals surface area contributed by atoms with Crippen LogP contribution in [0, 0.1) is 13.8 Å². The number of halogens is 2. The van der Waals surface area contributed by atoms with Gasteiger partial charge in [0, 0.05) is 30.3 Å². The molecule has 1 atom stereocenters. The predicted octanol–water partition coefficient (Wildman–Crippen LogP) is 4.73. The van der Waals surface area contributed by atoms with Gasteiger partial charge >= 0.3 is 0 Å². The molecule has 7 heteroatoms. The van der Waals surface area contributed by atoms with E-state index in [2.05, 4.69) is 10.1 Å². The number of rotatable bonds is 4. The number of hydrogen-bond donors (Lipinski definition) is 0. The number of likely N-dealkylation sites (tertiary alicyclic amines) is 1. The van der Waals surface area contributed by atoms with Gasteiger partial charge < -0.3 is 9.42 Å². The maximum atomic E-state index is 13.6. The summed E-state index contributed by atoms with van der Waals surface area (Å²) < 4.78 is 32.4. The van der Waals surface area contributed by atoms with Crippen LogP contribution in [-0.4, -0.2) is 34.0 Å². The van der Waals surface area contributed by atoms with Crippen LogP contribution in [-0.2, 0) is 11.2 Å². The Morgan fingerprint density at radius 1 is 1.28 bits per heavy atom. The molecule has 1 amide bonds. The molecular formula is C22H23F2N3O2. The van der Waals surface area contributed by atoms with Gasteiger partial charge in [-0.15, -0.1) is 0 Å². The van der Waals surface area contributed by atoms with Gasteiger partial charge in [-0.1, -0.05) is 35.0 Å². The third-order valence-corrected chi connectivity index (χ3v) is 5.57. The number of benzene rings is 1. The minimum atomic E-state index is -2.64. The van der Waals surface area contributed by atoms with Gasteiger partial charge in [0.05, 0.1) is 17.5 Å². The molecule has 0 spiro atoms. The van der Waals surface area contributed by atoms with Gasteiger partial charge in [-0.3, -0.25) is 4.79 Å². The van der Waals surface area contributed by atoms with Crippen molar-refractivity contribution in [2.75, 3.05) is 13.1 Å². The zero-order chi connectivity index (χ0) is 20.5. The number of nitrogens with zero attached hydrogens (tertiary/aromatic N) is 3. The number of piperidine rings is 1. The third-order valence-electron chi connectivity index (χ3n) is 5.57. The van der Waals surface area contributed by atoms with E-state index in [1.165, 1.54) is 6.07 Å². The maximum Gasteiger partial charge on any atom is 0.264 e. The average molecular weight is 399 g/mol. The van der Waals surface area contributed by atoms with Crippen molar-refractivity contribution in [2.45, 2.75) is 45.5 Å². The summed E-state index contributed by atoms with van der Waals surface area (Å²) >= 11 is 0. The van der Waals surface area contributed by atoms with Crippen LogP contribution < -0.4 is 0 Å². The van der Waals surface area contributed by atoms with Crippen LogP contribution in [0.4, 0.5) is 8.78 Å². The second kappa shape index (κ2) is 7.89. The van der Waals surface area contributed by atoms with E-state index in [1.54, 1.807) is 6.92 Å². The predicted molar refractivity (Wildman–Crippen MR) is 105 cm³/mol. The van der Waals surface area contributed by atoms with E-state index >= 15 is 0 Å². The molecule has 152 valence electrons. The van der Waals surface area contributed by atoms with Gasteiger partial charge in [0.2, 0.25) is 5.91 Å². The number of aryl methyl sites for hydroxylation is 2. The summed E-state index contributed by atoms with van der Waals surface area (Å²) in [6.45, 7) is 4.78. The lowest BCUT2D eigenvalue weighted by Crippen LogP contribution is -2.40. The standard InChI is InChI=1S/C22H23F2N3O2/c1-13-5-7-15(8-6-13)10-19(28)27-9-3-4-16(12-27)18-11-17(21(23)24)20-14(2)26-29-22(20)25-18/h5-8,11,16,21H,3-4,9-10,12H2,1-2H3/t16-/m1/s1. The molecule has 0 bridgehead atoms. The van der Waals surface area contributed by atoms with Gasteiger partial charge in [-0.25, -0.2) is 13.8 Å². The van der Waals surface area contributed by atoms with Crippen molar-refractivity contribution in [3.63, 3.8) is 0 Å². The van der Waals surface area contributed by atoms with Crippen LogP contribution in [0.15, 0.2) is 34.9 Å². The SMILES string of the molecule is Cc1ccc(CC(=O)N2CCC[C@@H](c3cc(C(F)F)c4c(C)noc4n3)C2)cc1. The zero-order valence-electron chi connectivity index (χ0n) is 16.5. The largest absolute Gasteiger partial charge is 0.342 e. The van der Waals surface area contributed by atoms with E-state index in [0.29, 0.717) is 30.9 Å². The molecule has 3 aromatic rings. The van der Waals surface area contributed by atoms with Gasteiger partial charge in [-0.05, 0) is 38.3 Å². The Hall–Kier alpha value is -2.83. The monoisotopic (exact) mass is 399 g/mol. The van der Waals surface area contributed by atoms with Crippen molar-refractivity contribution in [3.05, 3.63) is 58.4 Å². The average Bonchev–Trinajstić information content (AvgIpc) is 3.10. The van der Waals surface area contributed by atoms with Crippen LogP contribution in [0.1, 0.15) is 53.3 Å². The summed E-state index contributed by atoms with van der Waals surface area (Å²) in [5, 5.41) is 4.07. The first-order valence-electron chi connectivity index (χ1n) is 9.80. The number of fused-ring (bicyclic) bond motifs is 1. The first kappa shape index (κ1) is 19.5. The van der Waals surface area contributed by atoms with Crippen molar-refractivity contribution in [3.8, 4) is 0 Å². The molecule has 5 nitrogen and oxygen atoms in total. The van der Waals surface area contributed by atoms with Crippen LogP contribution in [0.25, 0.3) is 11.1 Å². The second-order valence-electron chi connectivity index (χ2n) is 7.73. The highest BCUT2D eigenvalue weighted by atomic mass is 19.3. The van der Waals surface area contributed by atoms with Crippen LogP contribution in [0.3, 0.4) is 0 Å². The number of carbonyl (C=O) groups is 1. The van der Waals surface area contributed by atoms with Crippen LogP contribution in [0.5, 0.6) is 0 Å². The van der Waals surface area contributed by atoms with Crippen LogP contribution >= 0.6 is 0 Å². The van der Waals surface area contributed by atoms with E-state index in [1.807, 2.05) is 36.1 Å². The molecule has 4 rings (SSSR count). The van der Waals surface area contributed by atoms with Crippen molar-refractivity contribution >= 4 is 17.0 Å². The first-order chi connectivity index (χ1) is 13.9. The molecule has 3 heterocycles. The quantitative estimate of drug-likeness (QED) is 0.637. The molecule has 0 radical (unpaired) electrons. The molecule has 29 heavy (non-hydrogen) atoms. The van der Waals surface area contributed by atoms with E-state index in [4.69, 9.17) is 4.52 Å². The van der Waals surface area contributed by atoms with Gasteiger partial charge in [0.25, 0.3) is 12.1 Å². The third kappa shape index (κ3) is 3.99. The van der Waals surface area contributed by atoms with E-state index in [-0.39, 0.29) is 28.5 Å². The topological polar surface area (TPSA) is 59.2 Å². The fourth-order valence-electron chi connectivity index (χ4n) is 3.97. The van der Waals surface area contributed by atoms with Crippen molar-refractivity contribution in [1.82, 2.24) is 15.0 Å². The molecule has 1 aliphatic heterocycles. The number of amides is 1. The molecular weight excluding hydrogens is 376 g/mol. The summed E-state index contributed by atoms with van der Waals surface area (Å²) in [6.07, 6.45) is -0.699. The minimum Gasteiger partial charge on any atom is -0.342 e. The number of pyridine rings is 1. The molecule has 0 saturated carbocycles. The highest BCUT2D eigenvalue weighted by molar-refractivity contribution is 5.81. The maximum absolute atomic E-state index is 13.6. The fourth-order valence-corrected chi connectivity index (χ4v) is 3.97. The Bertz CT molecular complexity index is 1030.